The summed E-state index contributed by atoms with van der Waals surface area (Å²) in [5, 5.41) is 0. The van der Waals surface area contributed by atoms with Gasteiger partial charge in [0.15, 0.2) is 0 Å². The quantitative estimate of drug-likeness (QED) is 0.359. The molecule has 0 radical (unpaired) electrons. The zero-order valence-electron chi connectivity index (χ0n) is 14.5. The first-order valence-electron chi connectivity index (χ1n) is 8.16. The smallest absolute Gasteiger partial charge is 0.338 e. The van der Waals surface area contributed by atoms with Gasteiger partial charge >= 0.3 is 5.97 Å². The highest BCUT2D eigenvalue weighted by molar-refractivity contribution is 7.86. The molecule has 2 aromatic carbocycles. The maximum absolute atomic E-state index is 12.0. The van der Waals surface area contributed by atoms with E-state index in [1.807, 2.05) is 30.3 Å². The second-order valence-corrected chi connectivity index (χ2v) is 7.31. The summed E-state index contributed by atoms with van der Waals surface area (Å²) in [4.78, 5) is 12.0. The van der Waals surface area contributed by atoms with Gasteiger partial charge in [0.25, 0.3) is 10.1 Å². The van der Waals surface area contributed by atoms with Crippen LogP contribution < -0.4 is 0 Å². The molecular formula is C19H22O6S. The minimum atomic E-state index is -3.67. The zero-order chi connectivity index (χ0) is 18.8. The maximum Gasteiger partial charge on any atom is 0.338 e. The predicted molar refractivity (Wildman–Crippen MR) is 97.2 cm³/mol. The van der Waals surface area contributed by atoms with Crippen molar-refractivity contribution >= 4 is 16.1 Å². The van der Waals surface area contributed by atoms with E-state index in [0.29, 0.717) is 12.2 Å². The molecule has 0 spiro atoms. The van der Waals surface area contributed by atoms with E-state index in [1.165, 1.54) is 0 Å². The maximum atomic E-state index is 12.0. The Kier molecular flexibility index (Phi) is 7.77. The van der Waals surface area contributed by atoms with E-state index in [9.17, 15) is 13.2 Å². The first kappa shape index (κ1) is 20.1. The van der Waals surface area contributed by atoms with Crippen molar-refractivity contribution in [2.24, 2.45) is 0 Å². The fourth-order valence-electron chi connectivity index (χ4n) is 2.21. The minimum absolute atomic E-state index is 0.171. The Hall–Kier alpha value is -2.22. The summed E-state index contributed by atoms with van der Waals surface area (Å²) in [6.45, 7) is 0.518. The molecule has 0 aliphatic carbocycles. The monoisotopic (exact) mass is 378 g/mol. The summed E-state index contributed by atoms with van der Waals surface area (Å²) in [6, 6.07) is 18.1. The molecule has 0 fully saturated rings. The van der Waals surface area contributed by atoms with E-state index in [-0.39, 0.29) is 19.6 Å². The van der Waals surface area contributed by atoms with Gasteiger partial charge in [0, 0.05) is 13.0 Å². The van der Waals surface area contributed by atoms with E-state index >= 15 is 0 Å². The van der Waals surface area contributed by atoms with Gasteiger partial charge in [0.2, 0.25) is 0 Å². The molecule has 0 aromatic heterocycles. The Bertz CT molecular complexity index is 774. The summed E-state index contributed by atoms with van der Waals surface area (Å²) < 4.78 is 38.5. The van der Waals surface area contributed by atoms with Crippen LogP contribution in [0.5, 0.6) is 0 Å². The highest BCUT2D eigenvalue weighted by Gasteiger charge is 2.18. The van der Waals surface area contributed by atoms with Crippen molar-refractivity contribution in [3.05, 3.63) is 71.8 Å². The van der Waals surface area contributed by atoms with E-state index in [0.717, 1.165) is 11.8 Å². The molecular weight excluding hydrogens is 356 g/mol. The van der Waals surface area contributed by atoms with E-state index < -0.39 is 22.2 Å². The van der Waals surface area contributed by atoms with Crippen LogP contribution in [0.1, 0.15) is 22.3 Å². The molecule has 0 N–H and O–H groups in total. The van der Waals surface area contributed by atoms with Crippen molar-refractivity contribution in [3.63, 3.8) is 0 Å². The Morgan fingerprint density at radius 1 is 1.00 bits per heavy atom. The van der Waals surface area contributed by atoms with Crippen LogP contribution in [0.15, 0.2) is 60.7 Å². The Balaban J connectivity index is 1.82. The molecule has 140 valence electrons. The summed E-state index contributed by atoms with van der Waals surface area (Å²) in [7, 11) is -3.67. The second kappa shape index (κ2) is 10.1. The molecule has 0 saturated heterocycles. The topological polar surface area (TPSA) is 78.9 Å². The number of carbonyl (C=O) groups is 1. The van der Waals surface area contributed by atoms with Crippen LogP contribution in [0.3, 0.4) is 0 Å². The molecule has 2 aromatic rings. The average molecular weight is 378 g/mol. The van der Waals surface area contributed by atoms with Gasteiger partial charge in [0.1, 0.15) is 12.7 Å². The van der Waals surface area contributed by atoms with Gasteiger partial charge in [-0.25, -0.2) is 4.79 Å². The van der Waals surface area contributed by atoms with Gasteiger partial charge in [0.05, 0.1) is 18.4 Å². The molecule has 0 saturated carbocycles. The Morgan fingerprint density at radius 3 is 2.23 bits per heavy atom. The Labute approximate surface area is 153 Å². The van der Waals surface area contributed by atoms with Crippen LogP contribution in [-0.2, 0) is 30.4 Å². The van der Waals surface area contributed by atoms with Crippen LogP contribution in [0.2, 0.25) is 0 Å². The van der Waals surface area contributed by atoms with Crippen molar-refractivity contribution in [2.45, 2.75) is 19.1 Å². The SMILES string of the molecule is CS(=O)(=O)O[C@@H](CCOCc1ccccc1)COC(=O)c1ccccc1. The molecule has 7 heteroatoms. The van der Waals surface area contributed by atoms with Crippen LogP contribution in [0.25, 0.3) is 0 Å². The average Bonchev–Trinajstić information content (AvgIpc) is 2.63. The lowest BCUT2D eigenvalue weighted by Gasteiger charge is -2.16. The number of carbonyl (C=O) groups excluding carboxylic acids is 1. The summed E-state index contributed by atoms with van der Waals surface area (Å²) in [5.41, 5.74) is 1.41. The molecule has 1 atom stereocenters. The standard InChI is InChI=1S/C19H22O6S/c1-26(21,22)25-18(12-13-23-14-16-8-4-2-5-9-16)15-24-19(20)17-10-6-3-7-11-17/h2-11,18H,12-15H2,1H3/t18-/m0/s1. The van der Waals surface area contributed by atoms with E-state index in [2.05, 4.69) is 0 Å². The van der Waals surface area contributed by atoms with Crippen molar-refractivity contribution in [1.82, 2.24) is 0 Å². The third-order valence-corrected chi connectivity index (χ3v) is 4.04. The Morgan fingerprint density at radius 2 is 1.62 bits per heavy atom. The molecule has 0 amide bonds. The van der Waals surface area contributed by atoms with Crippen molar-refractivity contribution in [3.8, 4) is 0 Å². The highest BCUT2D eigenvalue weighted by atomic mass is 32.2. The van der Waals surface area contributed by atoms with Crippen LogP contribution in [0, 0.1) is 0 Å². The van der Waals surface area contributed by atoms with E-state index in [1.54, 1.807) is 30.3 Å². The summed E-state index contributed by atoms with van der Waals surface area (Å²) in [5.74, 6) is -0.530. The fraction of sp³-hybridized carbons (Fsp3) is 0.316. The lowest BCUT2D eigenvalue weighted by molar-refractivity contribution is 0.0213. The van der Waals surface area contributed by atoms with Crippen molar-refractivity contribution in [2.75, 3.05) is 19.5 Å². The number of esters is 1. The number of hydrogen-bond donors (Lipinski definition) is 0. The zero-order valence-corrected chi connectivity index (χ0v) is 15.4. The van der Waals surface area contributed by atoms with Gasteiger partial charge in [-0.05, 0) is 17.7 Å². The first-order valence-corrected chi connectivity index (χ1v) is 9.98. The highest BCUT2D eigenvalue weighted by Crippen LogP contribution is 2.09. The van der Waals surface area contributed by atoms with Gasteiger partial charge < -0.3 is 9.47 Å². The first-order chi connectivity index (χ1) is 12.4. The lowest BCUT2D eigenvalue weighted by atomic mass is 10.2. The van der Waals surface area contributed by atoms with Crippen LogP contribution in [-0.4, -0.2) is 40.0 Å². The van der Waals surface area contributed by atoms with Gasteiger partial charge in [-0.1, -0.05) is 48.5 Å². The van der Waals surface area contributed by atoms with Gasteiger partial charge in [-0.15, -0.1) is 0 Å². The second-order valence-electron chi connectivity index (χ2n) is 5.71. The summed E-state index contributed by atoms with van der Waals surface area (Å²) >= 11 is 0. The van der Waals surface area contributed by atoms with Crippen molar-refractivity contribution < 1.29 is 26.9 Å². The number of rotatable bonds is 10. The number of hydrogen-bond acceptors (Lipinski definition) is 6. The molecule has 6 nitrogen and oxygen atoms in total. The molecule has 26 heavy (non-hydrogen) atoms. The lowest BCUT2D eigenvalue weighted by Crippen LogP contribution is -2.26. The van der Waals surface area contributed by atoms with Crippen LogP contribution >= 0.6 is 0 Å². The predicted octanol–water partition coefficient (Wildman–Crippen LogP) is 2.80. The molecule has 0 unspecified atom stereocenters. The minimum Gasteiger partial charge on any atom is -0.459 e. The largest absolute Gasteiger partial charge is 0.459 e. The molecule has 0 heterocycles. The summed E-state index contributed by atoms with van der Waals surface area (Å²) in [6.07, 6.45) is 0.444. The van der Waals surface area contributed by atoms with E-state index in [4.69, 9.17) is 13.7 Å². The molecule has 0 aliphatic rings. The molecule has 2 rings (SSSR count). The fourth-order valence-corrected chi connectivity index (χ4v) is 2.86. The van der Waals surface area contributed by atoms with Gasteiger partial charge in [-0.2, -0.15) is 8.42 Å². The normalized spacial score (nSPS) is 12.5. The molecule has 0 bridgehead atoms. The number of benzene rings is 2. The number of ether oxygens (including phenoxy) is 2. The van der Waals surface area contributed by atoms with Crippen LogP contribution in [0.4, 0.5) is 0 Å². The molecule has 0 aliphatic heterocycles. The van der Waals surface area contributed by atoms with Gasteiger partial charge in [-0.3, -0.25) is 4.18 Å². The van der Waals surface area contributed by atoms with Crippen molar-refractivity contribution in [1.29, 1.82) is 0 Å². The third-order valence-electron chi connectivity index (χ3n) is 3.42. The third kappa shape index (κ3) is 7.77.